The summed E-state index contributed by atoms with van der Waals surface area (Å²) in [5.74, 6) is 2.92. The van der Waals surface area contributed by atoms with Gasteiger partial charge < -0.3 is 15.4 Å². The van der Waals surface area contributed by atoms with Gasteiger partial charge in [0.25, 0.3) is 5.91 Å². The fraction of sp³-hybridized carbons (Fsp3) is 0.345. The lowest BCUT2D eigenvalue weighted by molar-refractivity contribution is 0.0950. The molecule has 2 aromatic heterocycles. The van der Waals surface area contributed by atoms with E-state index >= 15 is 0 Å². The molecule has 0 radical (unpaired) electrons. The molecule has 1 aliphatic heterocycles. The maximum absolute atomic E-state index is 14.1. The summed E-state index contributed by atoms with van der Waals surface area (Å²) >= 11 is 7.85. The van der Waals surface area contributed by atoms with Crippen molar-refractivity contribution in [1.29, 1.82) is 0 Å². The number of carbonyl (C=O) groups excluding carboxylic acids is 1. The second-order valence-electron chi connectivity index (χ2n) is 10.2. The lowest BCUT2D eigenvalue weighted by Gasteiger charge is -2.22. The lowest BCUT2D eigenvalue weighted by atomic mass is 10.0. The molecule has 1 amide bonds. The van der Waals surface area contributed by atoms with Crippen LogP contribution < -0.4 is 15.4 Å². The minimum atomic E-state index is -0.562. The lowest BCUT2D eigenvalue weighted by Crippen LogP contribution is -2.26. The van der Waals surface area contributed by atoms with Crippen LogP contribution >= 0.6 is 23.4 Å². The summed E-state index contributed by atoms with van der Waals surface area (Å²) in [6, 6.07) is 12.1. The number of imidazole rings is 1. The number of fused-ring (bicyclic) bond motifs is 1. The number of rotatable bonds is 8. The van der Waals surface area contributed by atoms with Crippen LogP contribution in [0.2, 0.25) is 5.02 Å². The summed E-state index contributed by atoms with van der Waals surface area (Å²) in [7, 11) is 0. The van der Waals surface area contributed by atoms with Crippen LogP contribution in [-0.4, -0.2) is 44.6 Å². The maximum Gasteiger partial charge on any atom is 0.251 e. The number of carbonyl (C=O) groups is 1. The monoisotopic (exact) mass is 565 g/mol. The van der Waals surface area contributed by atoms with Crippen LogP contribution in [0, 0.1) is 18.7 Å². The van der Waals surface area contributed by atoms with Crippen molar-refractivity contribution in [1.82, 2.24) is 19.9 Å². The van der Waals surface area contributed by atoms with Gasteiger partial charge in [-0.3, -0.25) is 4.79 Å². The van der Waals surface area contributed by atoms with E-state index < -0.39 is 5.82 Å². The topological polar surface area (TPSA) is 80.6 Å². The van der Waals surface area contributed by atoms with Gasteiger partial charge in [-0.05, 0) is 79.9 Å². The van der Waals surface area contributed by atoms with E-state index in [-0.39, 0.29) is 10.9 Å². The van der Waals surface area contributed by atoms with Crippen molar-refractivity contribution in [3.05, 3.63) is 70.6 Å². The van der Waals surface area contributed by atoms with Crippen LogP contribution in [0.15, 0.2) is 48.7 Å². The Bertz CT molecular complexity index is 1530. The highest BCUT2D eigenvalue weighted by Gasteiger charge is 2.25. The first-order chi connectivity index (χ1) is 18.9. The standard InChI is InChI=1S/C29H29ClFN5O2S/c1-17-12-19(2-6-22(17)29(37)34-20-3-4-20)26-16-33-28-25(32-15-18-8-10-39-11-9-18)14-27(35-36(26)28)38-21-5-7-23(30)24(31)13-21/h2,5-7,12-14,16,18,20,32H,3-4,8-11,15H2,1H3,(H,34,37). The van der Waals surface area contributed by atoms with Gasteiger partial charge in [0.15, 0.2) is 5.65 Å². The Morgan fingerprint density at radius 1 is 1.15 bits per heavy atom. The molecule has 0 unspecified atom stereocenters. The van der Waals surface area contributed by atoms with Gasteiger partial charge in [0.1, 0.15) is 11.6 Å². The molecule has 202 valence electrons. The van der Waals surface area contributed by atoms with Gasteiger partial charge in [0.05, 0.1) is 22.6 Å². The SMILES string of the molecule is Cc1cc(-c2cnc3c(NCC4CCSCC4)cc(Oc4ccc(Cl)c(F)c4)nn23)ccc1C(=O)NC1CC1. The third-order valence-electron chi connectivity index (χ3n) is 7.16. The van der Waals surface area contributed by atoms with E-state index in [2.05, 4.69) is 15.6 Å². The number of ether oxygens (including phenoxy) is 1. The molecule has 1 saturated carbocycles. The van der Waals surface area contributed by atoms with Crippen molar-refractivity contribution in [3.8, 4) is 22.9 Å². The number of hydrogen-bond acceptors (Lipinski definition) is 6. The normalized spacial score (nSPS) is 15.9. The van der Waals surface area contributed by atoms with Crippen molar-refractivity contribution < 1.29 is 13.9 Å². The predicted molar refractivity (Wildman–Crippen MR) is 154 cm³/mol. The molecule has 4 aromatic rings. The van der Waals surface area contributed by atoms with E-state index in [4.69, 9.17) is 21.4 Å². The Labute approximate surface area is 235 Å². The minimum Gasteiger partial charge on any atom is -0.437 e. The first kappa shape index (κ1) is 26.0. The van der Waals surface area contributed by atoms with E-state index in [9.17, 15) is 9.18 Å². The Morgan fingerprint density at radius 3 is 2.72 bits per heavy atom. The van der Waals surface area contributed by atoms with E-state index in [1.54, 1.807) is 22.8 Å². The maximum atomic E-state index is 14.1. The Hall–Kier alpha value is -3.30. The molecule has 1 aliphatic carbocycles. The second kappa shape index (κ2) is 11.1. The smallest absolute Gasteiger partial charge is 0.251 e. The average molecular weight is 566 g/mol. The fourth-order valence-corrected chi connectivity index (χ4v) is 6.08. The molecule has 2 fully saturated rings. The first-order valence-electron chi connectivity index (χ1n) is 13.2. The largest absolute Gasteiger partial charge is 0.437 e. The highest BCUT2D eigenvalue weighted by Crippen LogP contribution is 2.32. The summed E-state index contributed by atoms with van der Waals surface area (Å²) in [5.41, 5.74) is 4.62. The number of halogens is 2. The highest BCUT2D eigenvalue weighted by atomic mass is 35.5. The number of nitrogens with one attached hydrogen (secondary N) is 2. The van der Waals surface area contributed by atoms with Gasteiger partial charge in [-0.15, -0.1) is 5.10 Å². The number of nitrogens with zero attached hydrogens (tertiary/aromatic N) is 3. The number of anilines is 1. The summed E-state index contributed by atoms with van der Waals surface area (Å²) < 4.78 is 21.8. The quantitative estimate of drug-likeness (QED) is 0.246. The number of hydrogen-bond donors (Lipinski definition) is 2. The summed E-state index contributed by atoms with van der Waals surface area (Å²) in [4.78, 5) is 17.3. The summed E-state index contributed by atoms with van der Waals surface area (Å²) in [5, 5.41) is 11.4. The summed E-state index contributed by atoms with van der Waals surface area (Å²) in [6.45, 7) is 2.75. The van der Waals surface area contributed by atoms with Gasteiger partial charge in [0, 0.05) is 35.8 Å². The predicted octanol–water partition coefficient (Wildman–Crippen LogP) is 6.74. The zero-order valence-electron chi connectivity index (χ0n) is 21.5. The Balaban J connectivity index is 1.35. The number of aromatic nitrogens is 3. The van der Waals surface area contributed by atoms with E-state index in [0.29, 0.717) is 34.8 Å². The zero-order chi connectivity index (χ0) is 26.9. The number of aryl methyl sites for hydroxylation is 1. The first-order valence-corrected chi connectivity index (χ1v) is 14.7. The Morgan fingerprint density at radius 2 is 1.97 bits per heavy atom. The van der Waals surface area contributed by atoms with Gasteiger partial charge in [0.2, 0.25) is 5.88 Å². The van der Waals surface area contributed by atoms with Crippen LogP contribution in [0.5, 0.6) is 11.6 Å². The van der Waals surface area contributed by atoms with Gasteiger partial charge >= 0.3 is 0 Å². The molecular weight excluding hydrogens is 537 g/mol. The molecule has 6 rings (SSSR count). The third-order valence-corrected chi connectivity index (χ3v) is 8.52. The van der Waals surface area contributed by atoms with E-state index in [0.717, 1.165) is 41.9 Å². The van der Waals surface area contributed by atoms with Crippen molar-refractivity contribution in [2.24, 2.45) is 5.92 Å². The number of benzene rings is 2. The van der Waals surface area contributed by atoms with E-state index in [1.807, 2.05) is 36.9 Å². The van der Waals surface area contributed by atoms with E-state index in [1.165, 1.54) is 36.5 Å². The molecular formula is C29H29ClFN5O2S. The third kappa shape index (κ3) is 5.84. The molecule has 3 heterocycles. The molecule has 10 heteroatoms. The van der Waals surface area contributed by atoms with Crippen LogP contribution in [0.25, 0.3) is 16.9 Å². The molecule has 0 bridgehead atoms. The van der Waals surface area contributed by atoms with Crippen molar-refractivity contribution >= 4 is 40.6 Å². The molecule has 0 spiro atoms. The van der Waals surface area contributed by atoms with Crippen molar-refractivity contribution in [2.75, 3.05) is 23.4 Å². The molecule has 2 aromatic carbocycles. The highest BCUT2D eigenvalue weighted by molar-refractivity contribution is 7.99. The van der Waals surface area contributed by atoms with Gasteiger partial charge in [-0.25, -0.2) is 13.9 Å². The number of thioether (sulfide) groups is 1. The Kier molecular flexibility index (Phi) is 7.36. The second-order valence-corrected chi connectivity index (χ2v) is 11.8. The summed E-state index contributed by atoms with van der Waals surface area (Å²) in [6.07, 6.45) is 6.20. The number of amides is 1. The van der Waals surface area contributed by atoms with Crippen molar-refractivity contribution in [3.63, 3.8) is 0 Å². The molecule has 39 heavy (non-hydrogen) atoms. The average Bonchev–Trinajstić information content (AvgIpc) is 3.65. The van der Waals surface area contributed by atoms with Gasteiger partial charge in [-0.2, -0.15) is 11.8 Å². The van der Waals surface area contributed by atoms with Gasteiger partial charge in [-0.1, -0.05) is 17.7 Å². The molecule has 2 aliphatic rings. The zero-order valence-corrected chi connectivity index (χ0v) is 23.1. The van der Waals surface area contributed by atoms with Crippen LogP contribution in [0.1, 0.15) is 41.6 Å². The molecule has 1 saturated heterocycles. The molecule has 2 N–H and O–H groups in total. The van der Waals surface area contributed by atoms with Crippen LogP contribution in [0.3, 0.4) is 0 Å². The van der Waals surface area contributed by atoms with Crippen LogP contribution in [-0.2, 0) is 0 Å². The molecule has 7 nitrogen and oxygen atoms in total. The molecule has 0 atom stereocenters. The minimum absolute atomic E-state index is 0.0280. The van der Waals surface area contributed by atoms with Crippen LogP contribution in [0.4, 0.5) is 10.1 Å². The fourth-order valence-electron chi connectivity index (χ4n) is 4.76. The van der Waals surface area contributed by atoms with Crippen molar-refractivity contribution in [2.45, 2.75) is 38.6 Å².